The number of nitrogens with zero attached hydrogens (tertiary/aromatic N) is 1. The lowest BCUT2D eigenvalue weighted by atomic mass is 10.2. The highest BCUT2D eigenvalue weighted by atomic mass is 32.2. The lowest BCUT2D eigenvalue weighted by molar-refractivity contribution is -0.119. The largest absolute Gasteiger partial charge is 0.297 e. The number of benzene rings is 1. The minimum absolute atomic E-state index is 0.171. The van der Waals surface area contributed by atoms with E-state index in [-0.39, 0.29) is 17.6 Å². The third kappa shape index (κ3) is 2.32. The topological polar surface area (TPSA) is 29.4 Å². The minimum atomic E-state index is -0.256. The van der Waals surface area contributed by atoms with Gasteiger partial charge in [0.25, 0.3) is 0 Å². The average Bonchev–Trinajstić information content (AvgIpc) is 2.78. The first kappa shape index (κ1) is 11.3. The van der Waals surface area contributed by atoms with Crippen LogP contribution >= 0.6 is 11.8 Å². The molecule has 0 unspecified atom stereocenters. The van der Waals surface area contributed by atoms with Crippen molar-refractivity contribution in [2.75, 3.05) is 5.75 Å². The molecule has 2 nitrogen and oxygen atoms in total. The second-order valence-corrected chi connectivity index (χ2v) is 4.60. The van der Waals surface area contributed by atoms with E-state index in [1.54, 1.807) is 23.9 Å². The van der Waals surface area contributed by atoms with Crippen LogP contribution in [-0.4, -0.2) is 22.6 Å². The maximum absolute atomic E-state index is 12.7. The number of rotatable bonds is 3. The Kier molecular flexibility index (Phi) is 3.39. The van der Waals surface area contributed by atoms with Crippen LogP contribution in [0.5, 0.6) is 0 Å². The van der Waals surface area contributed by atoms with E-state index in [1.807, 2.05) is 6.92 Å². The molecule has 4 heteroatoms. The standard InChI is InChI=1S/C12H12FNOS/c1-2-11(15)10-7-16-12(14-10)8-3-5-9(13)6-4-8/h3-6,10H,2,7H2,1H3/t10-/m0/s1. The number of Topliss-reactive ketones (excluding diaryl/α,β-unsaturated/α-hetero) is 1. The molecular weight excluding hydrogens is 225 g/mol. The number of carbonyl (C=O) groups is 1. The Hall–Kier alpha value is -1.16. The van der Waals surface area contributed by atoms with Gasteiger partial charge in [0.2, 0.25) is 0 Å². The lowest BCUT2D eigenvalue weighted by Crippen LogP contribution is -2.17. The maximum atomic E-state index is 12.7. The van der Waals surface area contributed by atoms with Gasteiger partial charge in [-0.1, -0.05) is 6.92 Å². The summed E-state index contributed by atoms with van der Waals surface area (Å²) in [5.74, 6) is 0.623. The SMILES string of the molecule is CCC(=O)[C@@H]1CSC(c2ccc(F)cc2)=N1. The summed E-state index contributed by atoms with van der Waals surface area (Å²) in [6, 6.07) is 6.00. The first-order valence-electron chi connectivity index (χ1n) is 5.20. The summed E-state index contributed by atoms with van der Waals surface area (Å²) in [5.41, 5.74) is 0.887. The summed E-state index contributed by atoms with van der Waals surface area (Å²) in [6.07, 6.45) is 0.519. The lowest BCUT2D eigenvalue weighted by Gasteiger charge is -2.00. The van der Waals surface area contributed by atoms with Crippen molar-refractivity contribution >= 4 is 22.6 Å². The highest BCUT2D eigenvalue weighted by molar-refractivity contribution is 8.14. The van der Waals surface area contributed by atoms with E-state index in [9.17, 15) is 9.18 Å². The number of hydrogen-bond donors (Lipinski definition) is 0. The minimum Gasteiger partial charge on any atom is -0.297 e. The average molecular weight is 237 g/mol. The predicted octanol–water partition coefficient (Wildman–Crippen LogP) is 2.67. The number of thioether (sulfide) groups is 1. The third-order valence-electron chi connectivity index (χ3n) is 2.46. The van der Waals surface area contributed by atoms with E-state index in [4.69, 9.17) is 0 Å². The van der Waals surface area contributed by atoms with Crippen LogP contribution in [0.4, 0.5) is 4.39 Å². The van der Waals surface area contributed by atoms with Crippen molar-refractivity contribution in [1.29, 1.82) is 0 Å². The van der Waals surface area contributed by atoms with Crippen LogP contribution in [0.3, 0.4) is 0 Å². The van der Waals surface area contributed by atoms with Gasteiger partial charge in [-0.15, -0.1) is 11.8 Å². The van der Waals surface area contributed by atoms with Gasteiger partial charge < -0.3 is 0 Å². The summed E-state index contributed by atoms with van der Waals surface area (Å²) in [4.78, 5) is 15.8. The van der Waals surface area contributed by atoms with Gasteiger partial charge in [-0.25, -0.2) is 4.39 Å². The second kappa shape index (κ2) is 4.78. The van der Waals surface area contributed by atoms with E-state index in [1.165, 1.54) is 12.1 Å². The van der Waals surface area contributed by atoms with Crippen molar-refractivity contribution in [3.05, 3.63) is 35.6 Å². The Morgan fingerprint density at radius 2 is 2.19 bits per heavy atom. The van der Waals surface area contributed by atoms with Crippen molar-refractivity contribution < 1.29 is 9.18 Å². The molecule has 0 spiro atoms. The van der Waals surface area contributed by atoms with Crippen LogP contribution in [0.2, 0.25) is 0 Å². The highest BCUT2D eigenvalue weighted by Crippen LogP contribution is 2.24. The zero-order chi connectivity index (χ0) is 11.5. The fraction of sp³-hybridized carbons (Fsp3) is 0.333. The molecule has 1 aromatic carbocycles. The van der Waals surface area contributed by atoms with E-state index in [0.717, 1.165) is 10.6 Å². The molecule has 0 aliphatic carbocycles. The van der Waals surface area contributed by atoms with Crippen molar-refractivity contribution in [1.82, 2.24) is 0 Å². The number of aliphatic imine (C=N–C) groups is 1. The molecule has 0 saturated carbocycles. The molecule has 1 aliphatic heterocycles. The normalized spacial score (nSPS) is 19.6. The maximum Gasteiger partial charge on any atom is 0.157 e. The molecule has 2 rings (SSSR count). The van der Waals surface area contributed by atoms with Gasteiger partial charge in [-0.3, -0.25) is 9.79 Å². The van der Waals surface area contributed by atoms with Crippen LogP contribution in [0.15, 0.2) is 29.3 Å². The van der Waals surface area contributed by atoms with Crippen LogP contribution in [0.25, 0.3) is 0 Å². The number of ketones is 1. The van der Waals surface area contributed by atoms with Gasteiger partial charge in [0.15, 0.2) is 5.78 Å². The van der Waals surface area contributed by atoms with Crippen LogP contribution in [0.1, 0.15) is 18.9 Å². The quantitative estimate of drug-likeness (QED) is 0.808. The molecule has 1 aromatic rings. The Bertz CT molecular complexity index is 427. The monoisotopic (exact) mass is 237 g/mol. The molecule has 0 N–H and O–H groups in total. The predicted molar refractivity (Wildman–Crippen MR) is 64.5 cm³/mol. The molecule has 1 heterocycles. The third-order valence-corrected chi connectivity index (χ3v) is 3.56. The number of halogens is 1. The van der Waals surface area contributed by atoms with Crippen molar-refractivity contribution in [3.63, 3.8) is 0 Å². The molecule has 0 radical (unpaired) electrons. The summed E-state index contributed by atoms with van der Waals surface area (Å²) < 4.78 is 12.7. The van der Waals surface area contributed by atoms with Gasteiger partial charge >= 0.3 is 0 Å². The van der Waals surface area contributed by atoms with E-state index in [0.29, 0.717) is 12.2 Å². The van der Waals surface area contributed by atoms with Crippen molar-refractivity contribution in [2.45, 2.75) is 19.4 Å². The fourth-order valence-corrected chi connectivity index (χ4v) is 2.61. The summed E-state index contributed by atoms with van der Waals surface area (Å²) in [7, 11) is 0. The first-order valence-corrected chi connectivity index (χ1v) is 6.18. The molecule has 0 amide bonds. The van der Waals surface area contributed by atoms with Crippen LogP contribution < -0.4 is 0 Å². The van der Waals surface area contributed by atoms with Crippen LogP contribution in [0, 0.1) is 5.82 Å². The molecule has 1 atom stereocenters. The molecule has 0 saturated heterocycles. The second-order valence-electron chi connectivity index (χ2n) is 3.59. The Morgan fingerprint density at radius 3 is 2.81 bits per heavy atom. The van der Waals surface area contributed by atoms with Gasteiger partial charge in [0, 0.05) is 17.7 Å². The zero-order valence-corrected chi connectivity index (χ0v) is 9.76. The molecule has 16 heavy (non-hydrogen) atoms. The van der Waals surface area contributed by atoms with Gasteiger partial charge in [0.1, 0.15) is 11.9 Å². The molecule has 0 bridgehead atoms. The smallest absolute Gasteiger partial charge is 0.157 e. The highest BCUT2D eigenvalue weighted by Gasteiger charge is 2.24. The summed E-state index contributed by atoms with van der Waals surface area (Å²) in [6.45, 7) is 1.85. The Balaban J connectivity index is 2.17. The fourth-order valence-electron chi connectivity index (χ4n) is 1.52. The van der Waals surface area contributed by atoms with E-state index in [2.05, 4.69) is 4.99 Å². The number of carbonyl (C=O) groups excluding carboxylic acids is 1. The molecule has 0 fully saturated rings. The Labute approximate surface area is 98.0 Å². The number of hydrogen-bond acceptors (Lipinski definition) is 3. The summed E-state index contributed by atoms with van der Waals surface area (Å²) >= 11 is 1.56. The zero-order valence-electron chi connectivity index (χ0n) is 8.94. The van der Waals surface area contributed by atoms with E-state index < -0.39 is 0 Å². The van der Waals surface area contributed by atoms with E-state index >= 15 is 0 Å². The molecule has 84 valence electrons. The molecular formula is C12H12FNOS. The van der Waals surface area contributed by atoms with Gasteiger partial charge in [-0.2, -0.15) is 0 Å². The van der Waals surface area contributed by atoms with Crippen molar-refractivity contribution in [2.24, 2.45) is 4.99 Å². The van der Waals surface area contributed by atoms with Crippen molar-refractivity contribution in [3.8, 4) is 0 Å². The van der Waals surface area contributed by atoms with Crippen LogP contribution in [-0.2, 0) is 4.79 Å². The summed E-state index contributed by atoms with van der Waals surface area (Å²) in [5, 5.41) is 0.840. The first-order chi connectivity index (χ1) is 7.70. The molecule has 1 aliphatic rings. The van der Waals surface area contributed by atoms with Gasteiger partial charge in [-0.05, 0) is 24.3 Å². The Morgan fingerprint density at radius 1 is 1.50 bits per heavy atom. The van der Waals surface area contributed by atoms with Gasteiger partial charge in [0.05, 0.1) is 5.04 Å². The molecule has 0 aromatic heterocycles.